The molecule has 0 bridgehead atoms. The zero-order chi connectivity index (χ0) is 28.6. The summed E-state index contributed by atoms with van der Waals surface area (Å²) in [6.07, 6.45) is 1.94. The molecule has 2 aliphatic carbocycles. The third kappa shape index (κ3) is 5.89. The highest BCUT2D eigenvalue weighted by Gasteiger charge is 2.44. The van der Waals surface area contributed by atoms with E-state index in [9.17, 15) is 23.5 Å². The highest BCUT2D eigenvalue weighted by Crippen LogP contribution is 2.35. The van der Waals surface area contributed by atoms with Gasteiger partial charge in [0.15, 0.2) is 0 Å². The lowest BCUT2D eigenvalue weighted by molar-refractivity contribution is -0.123. The SMILES string of the molecule is CC(C)(O)[C@H](F)CNC(=O)c1cnc(-c2ccc3cc(C#N)cnn23)cc1NC1CC(CNC(=O)[C@H]2C[C@H]2F)C1. The first kappa shape index (κ1) is 27.5. The van der Waals surface area contributed by atoms with Gasteiger partial charge in [0.1, 0.15) is 18.4 Å². The van der Waals surface area contributed by atoms with E-state index < -0.39 is 29.8 Å². The van der Waals surface area contributed by atoms with Crippen molar-refractivity contribution in [1.82, 2.24) is 25.2 Å². The summed E-state index contributed by atoms with van der Waals surface area (Å²) in [6, 6.07) is 9.14. The Balaban J connectivity index is 1.32. The van der Waals surface area contributed by atoms with Crippen molar-refractivity contribution in [2.45, 2.75) is 57.1 Å². The Hall–Kier alpha value is -4.11. The first-order chi connectivity index (χ1) is 19.0. The van der Waals surface area contributed by atoms with Crippen molar-refractivity contribution >= 4 is 23.0 Å². The minimum Gasteiger partial charge on any atom is -0.387 e. The number of hydrogen-bond donors (Lipinski definition) is 4. The van der Waals surface area contributed by atoms with Crippen LogP contribution >= 0.6 is 0 Å². The molecule has 5 rings (SSSR count). The molecular formula is C28H31F2N7O3. The standard InChI is InChI=1S/C28H31F2N7O3/c1-28(2,40)25(30)14-34-27(39)20-13-32-23(24-4-3-18-7-16(10-31)12-35-37(18)24)9-22(20)36-17-5-15(6-17)11-33-26(38)19-8-21(19)29/h3-4,7,9,12-13,15,17,19,21,25,40H,5-6,8,11,14H2,1-2H3,(H,32,36)(H,33,38)(H,34,39)/t15?,17?,19-,21+,25+/m0/s1. The van der Waals surface area contributed by atoms with Crippen LogP contribution in [0.5, 0.6) is 0 Å². The average Bonchev–Trinajstić information content (AvgIpc) is 3.49. The summed E-state index contributed by atoms with van der Waals surface area (Å²) in [5, 5.41) is 32.1. The summed E-state index contributed by atoms with van der Waals surface area (Å²) in [5.41, 5.74) is 1.43. The number of nitrogens with zero attached hydrogens (tertiary/aromatic N) is 4. The molecule has 3 aromatic rings. The number of anilines is 1. The van der Waals surface area contributed by atoms with Gasteiger partial charge in [-0.05, 0) is 63.3 Å². The number of rotatable bonds is 10. The number of pyridine rings is 1. The van der Waals surface area contributed by atoms with Gasteiger partial charge in [-0.25, -0.2) is 13.3 Å². The summed E-state index contributed by atoms with van der Waals surface area (Å²) in [4.78, 5) is 29.4. The molecule has 2 aliphatic rings. The number of nitrogens with one attached hydrogen (secondary N) is 3. The van der Waals surface area contributed by atoms with Gasteiger partial charge in [0.05, 0.1) is 58.0 Å². The largest absolute Gasteiger partial charge is 0.387 e. The van der Waals surface area contributed by atoms with Crippen LogP contribution in [0.25, 0.3) is 16.9 Å². The monoisotopic (exact) mass is 551 g/mol. The van der Waals surface area contributed by atoms with Gasteiger partial charge in [0.25, 0.3) is 5.91 Å². The molecular weight excluding hydrogens is 520 g/mol. The number of carbonyl (C=O) groups is 2. The maximum Gasteiger partial charge on any atom is 0.255 e. The number of nitriles is 1. The maximum atomic E-state index is 14.3. The van der Waals surface area contributed by atoms with Gasteiger partial charge in [-0.1, -0.05) is 0 Å². The lowest BCUT2D eigenvalue weighted by Gasteiger charge is -2.37. The average molecular weight is 552 g/mol. The maximum absolute atomic E-state index is 14.3. The molecule has 40 heavy (non-hydrogen) atoms. The molecule has 0 aliphatic heterocycles. The molecule has 2 fully saturated rings. The molecule has 0 radical (unpaired) electrons. The number of hydrogen-bond acceptors (Lipinski definition) is 7. The predicted molar refractivity (Wildman–Crippen MR) is 143 cm³/mol. The van der Waals surface area contributed by atoms with E-state index in [1.807, 2.05) is 12.1 Å². The van der Waals surface area contributed by atoms with Crippen molar-refractivity contribution < 1.29 is 23.5 Å². The minimum absolute atomic E-state index is 0.0178. The highest BCUT2D eigenvalue weighted by atomic mass is 19.1. The van der Waals surface area contributed by atoms with Crippen LogP contribution in [0.3, 0.4) is 0 Å². The number of fused-ring (bicyclic) bond motifs is 1. The van der Waals surface area contributed by atoms with Gasteiger partial charge < -0.3 is 21.1 Å². The van der Waals surface area contributed by atoms with Crippen LogP contribution in [0.4, 0.5) is 14.5 Å². The van der Waals surface area contributed by atoms with E-state index in [0.717, 1.165) is 12.8 Å². The fraction of sp³-hybridized carbons (Fsp3) is 0.464. The van der Waals surface area contributed by atoms with Crippen LogP contribution < -0.4 is 16.0 Å². The molecule has 0 unspecified atom stereocenters. The van der Waals surface area contributed by atoms with Crippen molar-refractivity contribution in [2.24, 2.45) is 11.8 Å². The lowest BCUT2D eigenvalue weighted by Crippen LogP contribution is -2.43. The first-order valence-electron chi connectivity index (χ1n) is 13.2. The van der Waals surface area contributed by atoms with E-state index in [1.54, 1.807) is 16.6 Å². The second kappa shape index (κ2) is 10.8. The summed E-state index contributed by atoms with van der Waals surface area (Å²) in [5.74, 6) is -1.08. The van der Waals surface area contributed by atoms with Gasteiger partial charge in [0.2, 0.25) is 5.91 Å². The third-order valence-corrected chi connectivity index (χ3v) is 7.46. The minimum atomic E-state index is -1.66. The topological polar surface area (TPSA) is 144 Å². The zero-order valence-electron chi connectivity index (χ0n) is 22.2. The van der Waals surface area contributed by atoms with Crippen LogP contribution in [-0.4, -0.2) is 68.6 Å². The van der Waals surface area contributed by atoms with E-state index in [0.29, 0.717) is 41.1 Å². The molecule has 10 nitrogen and oxygen atoms in total. The lowest BCUT2D eigenvalue weighted by atomic mass is 9.80. The summed E-state index contributed by atoms with van der Waals surface area (Å²) in [6.45, 7) is 2.76. The van der Waals surface area contributed by atoms with Gasteiger partial charge in [0, 0.05) is 18.8 Å². The first-order valence-corrected chi connectivity index (χ1v) is 13.2. The molecule has 3 atom stereocenters. The normalized spacial score (nSPS) is 22.6. The zero-order valence-corrected chi connectivity index (χ0v) is 22.2. The Morgan fingerprint density at radius 3 is 2.65 bits per heavy atom. The smallest absolute Gasteiger partial charge is 0.255 e. The van der Waals surface area contributed by atoms with Crippen molar-refractivity contribution in [3.8, 4) is 17.5 Å². The number of aliphatic hydroxyl groups is 1. The fourth-order valence-corrected chi connectivity index (χ4v) is 4.73. The highest BCUT2D eigenvalue weighted by molar-refractivity contribution is 6.00. The number of alkyl halides is 2. The molecule has 0 aromatic carbocycles. The molecule has 2 amide bonds. The molecule has 2 saturated carbocycles. The second-order valence-corrected chi connectivity index (χ2v) is 11.1. The summed E-state index contributed by atoms with van der Waals surface area (Å²) >= 11 is 0. The number of halogens is 2. The quantitative estimate of drug-likeness (QED) is 0.303. The molecule has 3 aromatic heterocycles. The Labute approximate surface area is 229 Å². The van der Waals surface area contributed by atoms with E-state index in [2.05, 4.69) is 32.1 Å². The van der Waals surface area contributed by atoms with E-state index >= 15 is 0 Å². The van der Waals surface area contributed by atoms with Crippen molar-refractivity contribution in [1.29, 1.82) is 5.26 Å². The molecule has 210 valence electrons. The molecule has 12 heteroatoms. The number of carbonyl (C=O) groups excluding carboxylic acids is 2. The van der Waals surface area contributed by atoms with Crippen molar-refractivity contribution in [3.63, 3.8) is 0 Å². The van der Waals surface area contributed by atoms with E-state index in [-0.39, 0.29) is 30.0 Å². The van der Waals surface area contributed by atoms with Crippen molar-refractivity contribution in [2.75, 3.05) is 18.4 Å². The van der Waals surface area contributed by atoms with E-state index in [4.69, 9.17) is 5.26 Å². The molecule has 0 spiro atoms. The number of amides is 2. The number of aromatic nitrogens is 3. The Morgan fingerprint density at radius 1 is 1.23 bits per heavy atom. The third-order valence-electron chi connectivity index (χ3n) is 7.46. The molecule has 0 saturated heterocycles. The Bertz CT molecular complexity index is 1470. The van der Waals surface area contributed by atoms with Gasteiger partial charge in [-0.2, -0.15) is 10.4 Å². The Kier molecular flexibility index (Phi) is 7.42. The van der Waals surface area contributed by atoms with Gasteiger partial charge >= 0.3 is 0 Å². The van der Waals surface area contributed by atoms with Crippen LogP contribution in [0.15, 0.2) is 36.7 Å². The second-order valence-electron chi connectivity index (χ2n) is 11.1. The Morgan fingerprint density at radius 2 is 1.98 bits per heavy atom. The molecule has 3 heterocycles. The summed E-state index contributed by atoms with van der Waals surface area (Å²) in [7, 11) is 0. The van der Waals surface area contributed by atoms with Crippen LogP contribution in [0.1, 0.15) is 49.0 Å². The van der Waals surface area contributed by atoms with Crippen LogP contribution in [0.2, 0.25) is 0 Å². The molecule has 4 N–H and O–H groups in total. The van der Waals surface area contributed by atoms with E-state index in [1.165, 1.54) is 26.2 Å². The van der Waals surface area contributed by atoms with Gasteiger partial charge in [-0.3, -0.25) is 14.6 Å². The predicted octanol–water partition coefficient (Wildman–Crippen LogP) is 2.77. The van der Waals surface area contributed by atoms with Crippen LogP contribution in [-0.2, 0) is 4.79 Å². The van der Waals surface area contributed by atoms with Crippen molar-refractivity contribution in [3.05, 3.63) is 47.8 Å². The van der Waals surface area contributed by atoms with Gasteiger partial charge in [-0.15, -0.1) is 0 Å². The van der Waals surface area contributed by atoms with Crippen LogP contribution in [0, 0.1) is 23.2 Å². The fourth-order valence-electron chi connectivity index (χ4n) is 4.73. The summed E-state index contributed by atoms with van der Waals surface area (Å²) < 4.78 is 29.0.